The van der Waals surface area contributed by atoms with Gasteiger partial charge in [0, 0.05) is 0 Å². The zero-order valence-electron chi connectivity index (χ0n) is 9.59. The van der Waals surface area contributed by atoms with Crippen molar-refractivity contribution in [3.05, 3.63) is 35.9 Å². The average Bonchev–Trinajstić information content (AvgIpc) is 2.27. The van der Waals surface area contributed by atoms with Gasteiger partial charge in [0.25, 0.3) is 0 Å². The summed E-state index contributed by atoms with van der Waals surface area (Å²) in [6.45, 7) is 1.46. The Bertz CT molecular complexity index is 471. The Morgan fingerprint density at radius 2 is 1.94 bits per heavy atom. The second-order valence-electron chi connectivity index (χ2n) is 3.88. The highest BCUT2D eigenvalue weighted by Gasteiger charge is 2.17. The first kappa shape index (κ1) is 13.7. The normalized spacial score (nSPS) is 13.2. The number of nitrogens with two attached hydrogens (primary N) is 1. The summed E-state index contributed by atoms with van der Waals surface area (Å²) >= 11 is 0. The highest BCUT2D eigenvalue weighted by atomic mass is 32.2. The first-order chi connectivity index (χ1) is 7.91. The molecule has 6 heteroatoms. The molecular weight excluding hydrogens is 240 g/mol. The molecule has 0 aliphatic heterocycles. The van der Waals surface area contributed by atoms with Gasteiger partial charge in [-0.2, -0.15) is 0 Å². The van der Waals surface area contributed by atoms with E-state index in [1.54, 1.807) is 0 Å². The molecule has 17 heavy (non-hydrogen) atoms. The smallest absolute Gasteiger partial charge is 0.232 e. The number of carbonyl (C=O) groups is 1. The molecule has 1 atom stereocenters. The van der Waals surface area contributed by atoms with E-state index in [1.807, 2.05) is 37.3 Å². The standard InChI is InChI=1S/C11H16N2O3S/c1-9(10-5-3-2-4-6-10)8-17(15,16)13-7-11(12)14/h2-6,9,13H,7-8H2,1H3,(H2,12,14). The average molecular weight is 256 g/mol. The van der Waals surface area contributed by atoms with Crippen LogP contribution in [0.5, 0.6) is 0 Å². The van der Waals surface area contributed by atoms with Crippen LogP contribution in [0, 0.1) is 0 Å². The van der Waals surface area contributed by atoms with E-state index in [1.165, 1.54) is 0 Å². The molecule has 0 fully saturated rings. The van der Waals surface area contributed by atoms with Crippen LogP contribution >= 0.6 is 0 Å². The number of nitrogens with one attached hydrogen (secondary N) is 1. The maximum Gasteiger partial charge on any atom is 0.232 e. The quantitative estimate of drug-likeness (QED) is 0.761. The topological polar surface area (TPSA) is 89.3 Å². The monoisotopic (exact) mass is 256 g/mol. The van der Waals surface area contributed by atoms with Crippen LogP contribution in [0.3, 0.4) is 0 Å². The molecule has 5 nitrogen and oxygen atoms in total. The van der Waals surface area contributed by atoms with Crippen LogP contribution in [-0.4, -0.2) is 26.6 Å². The summed E-state index contributed by atoms with van der Waals surface area (Å²) < 4.78 is 25.4. The van der Waals surface area contributed by atoms with Crippen molar-refractivity contribution in [2.75, 3.05) is 12.3 Å². The molecule has 1 aromatic rings. The van der Waals surface area contributed by atoms with Gasteiger partial charge in [-0.1, -0.05) is 37.3 Å². The minimum atomic E-state index is -3.47. The van der Waals surface area contributed by atoms with Crippen LogP contribution in [0.4, 0.5) is 0 Å². The lowest BCUT2D eigenvalue weighted by Gasteiger charge is -2.12. The van der Waals surface area contributed by atoms with Gasteiger partial charge in [-0.15, -0.1) is 0 Å². The Morgan fingerprint density at radius 1 is 1.35 bits per heavy atom. The second-order valence-corrected chi connectivity index (χ2v) is 5.73. The van der Waals surface area contributed by atoms with E-state index < -0.39 is 15.9 Å². The van der Waals surface area contributed by atoms with Crippen molar-refractivity contribution in [3.8, 4) is 0 Å². The molecule has 3 N–H and O–H groups in total. The summed E-state index contributed by atoms with van der Waals surface area (Å²) in [6, 6.07) is 9.32. The number of carbonyl (C=O) groups excluding carboxylic acids is 1. The fraction of sp³-hybridized carbons (Fsp3) is 0.364. The molecule has 0 saturated carbocycles. The number of benzene rings is 1. The lowest BCUT2D eigenvalue weighted by molar-refractivity contribution is -0.116. The van der Waals surface area contributed by atoms with Crippen molar-refractivity contribution in [1.82, 2.24) is 4.72 Å². The third-order valence-corrected chi connectivity index (χ3v) is 3.83. The second kappa shape index (κ2) is 5.79. The van der Waals surface area contributed by atoms with Gasteiger partial charge in [0.15, 0.2) is 0 Å². The maximum atomic E-state index is 11.6. The van der Waals surface area contributed by atoms with Gasteiger partial charge in [-0.05, 0) is 11.5 Å². The summed E-state index contributed by atoms with van der Waals surface area (Å²) in [7, 11) is -3.47. The Balaban J connectivity index is 2.62. The van der Waals surface area contributed by atoms with E-state index in [9.17, 15) is 13.2 Å². The molecular formula is C11H16N2O3S. The first-order valence-electron chi connectivity index (χ1n) is 5.21. The van der Waals surface area contributed by atoms with Gasteiger partial charge in [0.2, 0.25) is 15.9 Å². The predicted molar refractivity (Wildman–Crippen MR) is 65.8 cm³/mol. The fourth-order valence-corrected chi connectivity index (χ4v) is 2.78. The van der Waals surface area contributed by atoms with E-state index in [0.29, 0.717) is 0 Å². The van der Waals surface area contributed by atoms with Crippen LogP contribution in [0.2, 0.25) is 0 Å². The molecule has 0 radical (unpaired) electrons. The minimum absolute atomic E-state index is 0.0652. The first-order valence-corrected chi connectivity index (χ1v) is 6.86. The Morgan fingerprint density at radius 3 is 2.47 bits per heavy atom. The molecule has 1 unspecified atom stereocenters. The third-order valence-electron chi connectivity index (χ3n) is 2.30. The number of hydrogen-bond acceptors (Lipinski definition) is 3. The van der Waals surface area contributed by atoms with Crippen molar-refractivity contribution < 1.29 is 13.2 Å². The molecule has 0 bridgehead atoms. The van der Waals surface area contributed by atoms with E-state index in [0.717, 1.165) is 5.56 Å². The van der Waals surface area contributed by atoms with E-state index in [2.05, 4.69) is 4.72 Å². The molecule has 0 aromatic heterocycles. The molecule has 0 aliphatic rings. The number of primary amides is 1. The van der Waals surface area contributed by atoms with Crippen LogP contribution in [0.25, 0.3) is 0 Å². The van der Waals surface area contributed by atoms with Gasteiger partial charge in [-0.25, -0.2) is 13.1 Å². The molecule has 1 aromatic carbocycles. The fourth-order valence-electron chi connectivity index (χ4n) is 1.45. The summed E-state index contributed by atoms with van der Waals surface area (Å²) in [5.74, 6) is -0.896. The molecule has 0 spiro atoms. The lowest BCUT2D eigenvalue weighted by atomic mass is 10.0. The van der Waals surface area contributed by atoms with Crippen LogP contribution in [0.1, 0.15) is 18.4 Å². The number of sulfonamides is 1. The summed E-state index contributed by atoms with van der Waals surface area (Å²) in [4.78, 5) is 10.5. The lowest BCUT2D eigenvalue weighted by Crippen LogP contribution is -2.35. The molecule has 1 rings (SSSR count). The van der Waals surface area contributed by atoms with Crippen LogP contribution in [0.15, 0.2) is 30.3 Å². The summed E-state index contributed by atoms with van der Waals surface area (Å²) in [5, 5.41) is 0. The van der Waals surface area contributed by atoms with Crippen LogP contribution < -0.4 is 10.5 Å². The van der Waals surface area contributed by atoms with Gasteiger partial charge in [0.05, 0.1) is 12.3 Å². The summed E-state index contributed by atoms with van der Waals surface area (Å²) in [6.07, 6.45) is 0. The number of rotatable bonds is 6. The molecule has 0 saturated heterocycles. The van der Waals surface area contributed by atoms with Crippen molar-refractivity contribution in [3.63, 3.8) is 0 Å². The van der Waals surface area contributed by atoms with Gasteiger partial charge in [-0.3, -0.25) is 4.79 Å². The Labute approximate surface area is 101 Å². The Hall–Kier alpha value is -1.40. The number of hydrogen-bond donors (Lipinski definition) is 2. The predicted octanol–water partition coefficient (Wildman–Crippen LogP) is 0.195. The van der Waals surface area contributed by atoms with E-state index >= 15 is 0 Å². The minimum Gasteiger partial charge on any atom is -0.369 e. The third kappa shape index (κ3) is 4.97. The van der Waals surface area contributed by atoms with Crippen molar-refractivity contribution >= 4 is 15.9 Å². The van der Waals surface area contributed by atoms with Crippen molar-refractivity contribution in [2.45, 2.75) is 12.8 Å². The SMILES string of the molecule is CC(CS(=O)(=O)NCC(N)=O)c1ccccc1. The largest absolute Gasteiger partial charge is 0.369 e. The number of amides is 1. The zero-order chi connectivity index (χ0) is 12.9. The Kier molecular flexibility index (Phi) is 4.65. The molecule has 0 aliphatic carbocycles. The van der Waals surface area contributed by atoms with E-state index in [4.69, 9.17) is 5.73 Å². The van der Waals surface area contributed by atoms with Crippen molar-refractivity contribution in [2.24, 2.45) is 5.73 Å². The highest BCUT2D eigenvalue weighted by molar-refractivity contribution is 7.89. The molecule has 0 heterocycles. The van der Waals surface area contributed by atoms with Crippen LogP contribution in [-0.2, 0) is 14.8 Å². The highest BCUT2D eigenvalue weighted by Crippen LogP contribution is 2.15. The zero-order valence-corrected chi connectivity index (χ0v) is 10.4. The van der Waals surface area contributed by atoms with Crippen molar-refractivity contribution in [1.29, 1.82) is 0 Å². The van der Waals surface area contributed by atoms with Gasteiger partial charge >= 0.3 is 0 Å². The van der Waals surface area contributed by atoms with E-state index in [-0.39, 0.29) is 18.2 Å². The summed E-state index contributed by atoms with van der Waals surface area (Å²) in [5.41, 5.74) is 5.82. The molecule has 1 amide bonds. The molecule has 94 valence electrons. The maximum absolute atomic E-state index is 11.6. The van der Waals surface area contributed by atoms with Gasteiger partial charge in [0.1, 0.15) is 0 Å². The van der Waals surface area contributed by atoms with Gasteiger partial charge < -0.3 is 5.73 Å².